The molecule has 2 atom stereocenters. The van der Waals surface area contributed by atoms with Crippen molar-refractivity contribution >= 4 is 17.2 Å². The standard InChI is InChI=1S/C31H40FN3O3/c1-7-22-23-12-15-33-18-26(23)38-16-13-19(2)31(4,5)14-11-21-17-34-30(36)27(20(21)3)28(22)35-25-10-8-9-24(32)29(25)37-6/h8-10,12,15,18-19,21,35H,7,11,13-14,16-17H2,1-6H3,(H,34,36)/b28-22-. The number of benzene rings is 1. The molecule has 0 radical (unpaired) electrons. The van der Waals surface area contributed by atoms with E-state index in [4.69, 9.17) is 9.47 Å². The van der Waals surface area contributed by atoms with Crippen LogP contribution in [0.1, 0.15) is 65.9 Å². The first kappa shape index (κ1) is 27.7. The monoisotopic (exact) mass is 521 g/mol. The van der Waals surface area contributed by atoms with Gasteiger partial charge in [0.25, 0.3) is 5.91 Å². The average molecular weight is 522 g/mol. The molecule has 0 spiro atoms. The van der Waals surface area contributed by atoms with Gasteiger partial charge in [0.05, 0.1) is 36.9 Å². The van der Waals surface area contributed by atoms with Gasteiger partial charge < -0.3 is 20.1 Å². The molecular formula is C31H40FN3O3. The van der Waals surface area contributed by atoms with Crippen LogP contribution in [0.5, 0.6) is 11.5 Å². The van der Waals surface area contributed by atoms with Gasteiger partial charge in [0, 0.05) is 18.3 Å². The van der Waals surface area contributed by atoms with Crippen LogP contribution in [0.2, 0.25) is 0 Å². The highest BCUT2D eigenvalue weighted by Crippen LogP contribution is 2.41. The van der Waals surface area contributed by atoms with Gasteiger partial charge in [-0.25, -0.2) is 4.39 Å². The summed E-state index contributed by atoms with van der Waals surface area (Å²) in [6, 6.07) is 6.67. The largest absolute Gasteiger partial charge is 0.492 e. The van der Waals surface area contributed by atoms with Crippen molar-refractivity contribution in [1.29, 1.82) is 0 Å². The normalized spacial score (nSPS) is 24.0. The Bertz CT molecular complexity index is 1250. The molecule has 3 heterocycles. The van der Waals surface area contributed by atoms with Crippen molar-refractivity contribution < 1.29 is 18.7 Å². The topological polar surface area (TPSA) is 72.5 Å². The van der Waals surface area contributed by atoms with Crippen molar-refractivity contribution in [3.63, 3.8) is 0 Å². The predicted octanol–water partition coefficient (Wildman–Crippen LogP) is 6.75. The summed E-state index contributed by atoms with van der Waals surface area (Å²) < 4.78 is 26.4. The Morgan fingerprint density at radius 3 is 2.79 bits per heavy atom. The van der Waals surface area contributed by atoms with Gasteiger partial charge in [-0.15, -0.1) is 0 Å². The summed E-state index contributed by atoms with van der Waals surface area (Å²) in [5.41, 5.74) is 4.59. The number of carbonyl (C=O) groups is 1. The lowest BCUT2D eigenvalue weighted by molar-refractivity contribution is -0.118. The van der Waals surface area contributed by atoms with Gasteiger partial charge in [-0.05, 0) is 73.6 Å². The summed E-state index contributed by atoms with van der Waals surface area (Å²) in [5, 5.41) is 6.56. The van der Waals surface area contributed by atoms with E-state index in [0.717, 1.165) is 36.0 Å². The number of hydrogen-bond acceptors (Lipinski definition) is 5. The van der Waals surface area contributed by atoms with E-state index >= 15 is 0 Å². The first-order valence-corrected chi connectivity index (χ1v) is 13.6. The minimum atomic E-state index is -0.474. The van der Waals surface area contributed by atoms with Crippen LogP contribution >= 0.6 is 0 Å². The van der Waals surface area contributed by atoms with E-state index in [1.54, 1.807) is 24.5 Å². The number of carbonyl (C=O) groups excluding carboxylic acids is 1. The van der Waals surface area contributed by atoms with Crippen LogP contribution in [0.3, 0.4) is 0 Å². The summed E-state index contributed by atoms with van der Waals surface area (Å²) >= 11 is 0. The van der Waals surface area contributed by atoms with Crippen LogP contribution in [0.4, 0.5) is 10.1 Å². The number of nitrogens with zero attached hydrogens (tertiary/aromatic N) is 1. The first-order chi connectivity index (χ1) is 18.2. The molecule has 6 nitrogen and oxygen atoms in total. The van der Waals surface area contributed by atoms with Crippen LogP contribution in [0.15, 0.2) is 53.5 Å². The highest BCUT2D eigenvalue weighted by atomic mass is 19.1. The molecule has 4 rings (SSSR count). The van der Waals surface area contributed by atoms with Crippen LogP contribution < -0.4 is 20.1 Å². The van der Waals surface area contributed by atoms with Gasteiger partial charge in [0.2, 0.25) is 0 Å². The fourth-order valence-corrected chi connectivity index (χ4v) is 5.48. The molecule has 1 aromatic carbocycles. The third-order valence-corrected chi connectivity index (χ3v) is 8.47. The predicted molar refractivity (Wildman–Crippen MR) is 150 cm³/mol. The molecule has 7 heteroatoms. The van der Waals surface area contributed by atoms with Crippen molar-refractivity contribution in [3.8, 4) is 11.5 Å². The van der Waals surface area contributed by atoms with Crippen LogP contribution in [0, 0.1) is 23.1 Å². The first-order valence-electron chi connectivity index (χ1n) is 13.6. The zero-order chi connectivity index (χ0) is 27.4. The van der Waals surface area contributed by atoms with Crippen LogP contribution in [-0.4, -0.2) is 31.2 Å². The molecule has 2 N–H and O–H groups in total. The molecule has 0 fully saturated rings. The third-order valence-electron chi connectivity index (χ3n) is 8.47. The lowest BCUT2D eigenvalue weighted by Gasteiger charge is -2.36. The second kappa shape index (κ2) is 11.6. The Labute approximate surface area is 225 Å². The molecule has 38 heavy (non-hydrogen) atoms. The molecular weight excluding hydrogens is 481 g/mol. The number of ether oxygens (including phenoxy) is 2. The van der Waals surface area contributed by atoms with Gasteiger partial charge in [0.1, 0.15) is 5.75 Å². The van der Waals surface area contributed by atoms with Crippen LogP contribution in [-0.2, 0) is 4.79 Å². The zero-order valence-corrected chi connectivity index (χ0v) is 23.4. The highest BCUT2D eigenvalue weighted by molar-refractivity contribution is 6.03. The van der Waals surface area contributed by atoms with E-state index in [0.29, 0.717) is 48.2 Å². The fourth-order valence-electron chi connectivity index (χ4n) is 5.48. The minimum absolute atomic E-state index is 0.0998. The van der Waals surface area contributed by atoms with Crippen molar-refractivity contribution in [1.82, 2.24) is 10.3 Å². The number of methoxy groups -OCH3 is 1. The van der Waals surface area contributed by atoms with Crippen molar-refractivity contribution in [2.24, 2.45) is 17.3 Å². The number of pyridine rings is 1. The number of nitrogens with one attached hydrogen (secondary N) is 2. The lowest BCUT2D eigenvalue weighted by atomic mass is 9.72. The van der Waals surface area contributed by atoms with Gasteiger partial charge >= 0.3 is 0 Å². The smallest absolute Gasteiger partial charge is 0.253 e. The molecule has 204 valence electrons. The SMILES string of the molecule is CC/C1=C(/Nc2cccc(F)c2OC)C2=C(C)C(CCC(C)(C)C(C)CCOc3cnccc31)CNC2=O. The lowest BCUT2D eigenvalue weighted by Crippen LogP contribution is -2.39. The van der Waals surface area contributed by atoms with Crippen molar-refractivity contribution in [2.75, 3.05) is 25.6 Å². The molecule has 1 amide bonds. The van der Waals surface area contributed by atoms with E-state index in [9.17, 15) is 9.18 Å². The number of anilines is 1. The number of para-hydroxylation sites is 1. The molecule has 1 aromatic heterocycles. The molecule has 2 unspecified atom stereocenters. The Balaban J connectivity index is 1.98. The molecule has 0 saturated heterocycles. The number of halogens is 1. The van der Waals surface area contributed by atoms with E-state index < -0.39 is 5.82 Å². The number of fused-ring (bicyclic) bond motifs is 2. The van der Waals surface area contributed by atoms with Gasteiger partial charge in [0.15, 0.2) is 11.6 Å². The number of amides is 1. The fraction of sp³-hybridized carbons (Fsp3) is 0.484. The summed E-state index contributed by atoms with van der Waals surface area (Å²) in [4.78, 5) is 17.9. The Morgan fingerprint density at radius 1 is 1.26 bits per heavy atom. The van der Waals surface area contributed by atoms with Crippen molar-refractivity contribution in [3.05, 3.63) is 64.9 Å². The van der Waals surface area contributed by atoms with Gasteiger partial charge in [-0.2, -0.15) is 0 Å². The average Bonchev–Trinajstić information content (AvgIpc) is 2.89. The number of aromatic nitrogens is 1. The summed E-state index contributed by atoms with van der Waals surface area (Å²) in [6.45, 7) is 12.2. The quantitative estimate of drug-likeness (QED) is 0.466. The minimum Gasteiger partial charge on any atom is -0.492 e. The maximum Gasteiger partial charge on any atom is 0.253 e. The maximum absolute atomic E-state index is 14.7. The Hall–Kier alpha value is -3.35. The Morgan fingerprint density at radius 2 is 2.05 bits per heavy atom. The summed E-state index contributed by atoms with van der Waals surface area (Å²) in [6.07, 6.45) is 7.00. The zero-order valence-electron chi connectivity index (χ0n) is 23.4. The summed E-state index contributed by atoms with van der Waals surface area (Å²) in [7, 11) is 1.44. The number of hydrogen-bond donors (Lipinski definition) is 2. The molecule has 0 aliphatic carbocycles. The highest BCUT2D eigenvalue weighted by Gasteiger charge is 2.33. The Kier molecular flexibility index (Phi) is 8.44. The number of rotatable bonds is 4. The second-order valence-electron chi connectivity index (χ2n) is 11.1. The molecule has 2 bridgehead atoms. The molecule has 2 aliphatic heterocycles. The van der Waals surface area contributed by atoms with E-state index in [-0.39, 0.29) is 23.0 Å². The van der Waals surface area contributed by atoms with E-state index in [1.807, 2.05) is 13.0 Å². The molecule has 0 saturated carbocycles. The van der Waals surface area contributed by atoms with Gasteiger partial charge in [-0.3, -0.25) is 9.78 Å². The molecule has 2 aromatic rings. The van der Waals surface area contributed by atoms with Gasteiger partial charge in [-0.1, -0.05) is 39.3 Å². The summed E-state index contributed by atoms with van der Waals surface area (Å²) in [5.74, 6) is 0.823. The van der Waals surface area contributed by atoms with E-state index in [2.05, 4.69) is 43.3 Å². The van der Waals surface area contributed by atoms with Crippen LogP contribution in [0.25, 0.3) is 5.57 Å². The number of allylic oxidation sites excluding steroid dienone is 1. The maximum atomic E-state index is 14.7. The van der Waals surface area contributed by atoms with Crippen molar-refractivity contribution in [2.45, 2.75) is 60.3 Å². The van der Waals surface area contributed by atoms with E-state index in [1.165, 1.54) is 13.2 Å². The molecule has 2 aliphatic rings. The second-order valence-corrected chi connectivity index (χ2v) is 11.1. The third kappa shape index (κ3) is 5.57.